The number of rotatable bonds is 2. The van der Waals surface area contributed by atoms with Gasteiger partial charge >= 0.3 is 0 Å². The summed E-state index contributed by atoms with van der Waals surface area (Å²) in [6.45, 7) is 0. The highest BCUT2D eigenvalue weighted by Crippen LogP contribution is 2.38. The van der Waals surface area contributed by atoms with Crippen molar-refractivity contribution >= 4 is 10.9 Å². The van der Waals surface area contributed by atoms with Crippen molar-refractivity contribution in [1.82, 2.24) is 14.3 Å². The van der Waals surface area contributed by atoms with E-state index in [1.165, 1.54) is 29.1 Å². The fraction of sp³-hybridized carbons (Fsp3) is 0.0500. The van der Waals surface area contributed by atoms with Crippen molar-refractivity contribution in [2.75, 3.05) is 0 Å². The van der Waals surface area contributed by atoms with E-state index in [4.69, 9.17) is 0 Å². The van der Waals surface area contributed by atoms with Crippen molar-refractivity contribution in [3.05, 3.63) is 65.6 Å². The lowest BCUT2D eigenvalue weighted by atomic mass is 10.1. The van der Waals surface area contributed by atoms with Gasteiger partial charge in [0.2, 0.25) is 0 Å². The molecule has 4 rings (SSSR count). The van der Waals surface area contributed by atoms with Gasteiger partial charge in [0.05, 0.1) is 33.9 Å². The maximum absolute atomic E-state index is 14.6. The first kappa shape index (κ1) is 16.4. The zero-order valence-electron chi connectivity index (χ0n) is 14.2. The Kier molecular flexibility index (Phi) is 3.64. The van der Waals surface area contributed by atoms with Crippen LogP contribution in [0.5, 0.6) is 5.75 Å². The summed E-state index contributed by atoms with van der Waals surface area (Å²) in [5.41, 5.74) is 2.29. The van der Waals surface area contributed by atoms with Gasteiger partial charge in [0.1, 0.15) is 29.4 Å². The molecule has 2 heterocycles. The summed E-state index contributed by atoms with van der Waals surface area (Å²) in [4.78, 5) is 0. The summed E-state index contributed by atoms with van der Waals surface area (Å²) < 4.78 is 17.8. The molecule has 0 saturated carbocycles. The molecular weight excluding hydrogens is 345 g/mol. The second-order valence-corrected chi connectivity index (χ2v) is 5.96. The standard InChI is InChI=1S/C20H12FN5O/c1-25-19(12(9-22)11-24-25)20-15(10-23)18-16(21)3-2-4-17(18)26(20)13-5-7-14(27)8-6-13/h2-8,11,27H,1H3. The van der Waals surface area contributed by atoms with Crippen LogP contribution in [0.25, 0.3) is 28.0 Å². The molecule has 0 unspecified atom stereocenters. The van der Waals surface area contributed by atoms with E-state index in [1.54, 1.807) is 35.9 Å². The summed E-state index contributed by atoms with van der Waals surface area (Å²) in [7, 11) is 1.66. The van der Waals surface area contributed by atoms with E-state index < -0.39 is 5.82 Å². The van der Waals surface area contributed by atoms with Crippen LogP contribution in [0, 0.1) is 28.5 Å². The molecule has 130 valence electrons. The van der Waals surface area contributed by atoms with Crippen molar-refractivity contribution in [2.45, 2.75) is 0 Å². The summed E-state index contributed by atoms with van der Waals surface area (Å²) >= 11 is 0. The first-order valence-corrected chi connectivity index (χ1v) is 8.01. The third-order valence-corrected chi connectivity index (χ3v) is 4.45. The number of hydrogen-bond donors (Lipinski definition) is 1. The first-order chi connectivity index (χ1) is 13.1. The molecule has 0 amide bonds. The lowest BCUT2D eigenvalue weighted by Crippen LogP contribution is -2.03. The van der Waals surface area contributed by atoms with Crippen LogP contribution in [0.3, 0.4) is 0 Å². The number of hydrogen-bond acceptors (Lipinski definition) is 4. The SMILES string of the molecule is Cn1ncc(C#N)c1-c1c(C#N)c2c(F)cccc2n1-c1ccc(O)cc1. The minimum Gasteiger partial charge on any atom is -0.508 e. The number of halogens is 1. The van der Waals surface area contributed by atoms with Gasteiger partial charge in [0.25, 0.3) is 0 Å². The fourth-order valence-corrected chi connectivity index (χ4v) is 3.30. The topological polar surface area (TPSA) is 90.6 Å². The Morgan fingerprint density at radius 2 is 1.78 bits per heavy atom. The molecule has 2 aromatic heterocycles. The van der Waals surface area contributed by atoms with Crippen LogP contribution in [-0.2, 0) is 7.05 Å². The number of phenols is 1. The molecule has 1 N–H and O–H groups in total. The molecular formula is C20H12FN5O. The predicted octanol–water partition coefficient (Wildman–Crippen LogP) is 3.62. The largest absolute Gasteiger partial charge is 0.508 e. The molecule has 0 aliphatic heterocycles. The zero-order chi connectivity index (χ0) is 19.1. The van der Waals surface area contributed by atoms with Crippen molar-refractivity contribution < 1.29 is 9.50 Å². The summed E-state index contributed by atoms with van der Waals surface area (Å²) in [6.07, 6.45) is 1.41. The Morgan fingerprint density at radius 1 is 1.04 bits per heavy atom. The number of aryl methyl sites for hydroxylation is 1. The monoisotopic (exact) mass is 357 g/mol. The maximum Gasteiger partial charge on any atom is 0.133 e. The Bertz CT molecular complexity index is 1270. The summed E-state index contributed by atoms with van der Waals surface area (Å²) in [5, 5.41) is 33.2. The number of nitriles is 2. The molecule has 0 aliphatic rings. The molecule has 0 aliphatic carbocycles. The van der Waals surface area contributed by atoms with Crippen LogP contribution in [0.2, 0.25) is 0 Å². The molecule has 0 spiro atoms. The zero-order valence-corrected chi connectivity index (χ0v) is 14.2. The smallest absolute Gasteiger partial charge is 0.133 e. The molecule has 0 bridgehead atoms. The van der Waals surface area contributed by atoms with E-state index in [1.807, 2.05) is 0 Å². The van der Waals surface area contributed by atoms with Gasteiger partial charge in [-0.25, -0.2) is 4.39 Å². The predicted molar refractivity (Wildman–Crippen MR) is 96.5 cm³/mol. The van der Waals surface area contributed by atoms with Gasteiger partial charge in [0, 0.05) is 12.7 Å². The third kappa shape index (κ3) is 2.34. The summed E-state index contributed by atoms with van der Waals surface area (Å²) in [5.74, 6) is -0.440. The molecule has 7 heteroatoms. The van der Waals surface area contributed by atoms with Gasteiger partial charge in [-0.2, -0.15) is 15.6 Å². The lowest BCUT2D eigenvalue weighted by molar-refractivity contribution is 0.475. The van der Waals surface area contributed by atoms with Crippen LogP contribution in [-0.4, -0.2) is 19.5 Å². The van der Waals surface area contributed by atoms with E-state index in [0.29, 0.717) is 22.6 Å². The number of benzene rings is 2. The van der Waals surface area contributed by atoms with Gasteiger partial charge in [0.15, 0.2) is 0 Å². The number of phenolic OH excluding ortho intramolecular Hbond substituents is 1. The van der Waals surface area contributed by atoms with Gasteiger partial charge in [-0.05, 0) is 36.4 Å². The highest BCUT2D eigenvalue weighted by atomic mass is 19.1. The number of aromatic nitrogens is 3. The minimum absolute atomic E-state index is 0.0849. The average molecular weight is 357 g/mol. The van der Waals surface area contributed by atoms with Gasteiger partial charge in [-0.15, -0.1) is 0 Å². The van der Waals surface area contributed by atoms with Crippen LogP contribution in [0.4, 0.5) is 4.39 Å². The van der Waals surface area contributed by atoms with E-state index in [-0.39, 0.29) is 22.3 Å². The van der Waals surface area contributed by atoms with E-state index >= 15 is 0 Å². The normalized spacial score (nSPS) is 10.7. The van der Waals surface area contributed by atoms with Crippen molar-refractivity contribution in [2.24, 2.45) is 7.05 Å². The third-order valence-electron chi connectivity index (χ3n) is 4.45. The van der Waals surface area contributed by atoms with Crippen molar-refractivity contribution in [3.8, 4) is 35.0 Å². The van der Waals surface area contributed by atoms with Crippen LogP contribution < -0.4 is 0 Å². The second kappa shape index (κ2) is 6.01. The molecule has 0 radical (unpaired) electrons. The summed E-state index contributed by atoms with van der Waals surface area (Å²) in [6, 6.07) is 15.1. The quantitative estimate of drug-likeness (QED) is 0.593. The lowest BCUT2D eigenvalue weighted by Gasteiger charge is -2.12. The van der Waals surface area contributed by atoms with Crippen LogP contribution in [0.15, 0.2) is 48.7 Å². The number of fused-ring (bicyclic) bond motifs is 1. The highest BCUT2D eigenvalue weighted by molar-refractivity contribution is 5.96. The van der Waals surface area contributed by atoms with E-state index in [2.05, 4.69) is 17.2 Å². The molecule has 2 aromatic carbocycles. The fourth-order valence-electron chi connectivity index (χ4n) is 3.30. The van der Waals surface area contributed by atoms with Crippen molar-refractivity contribution in [3.63, 3.8) is 0 Å². The molecule has 0 fully saturated rings. The second-order valence-electron chi connectivity index (χ2n) is 5.96. The Hall–Kier alpha value is -4.10. The Labute approximate surface area is 153 Å². The number of aromatic hydroxyl groups is 1. The van der Waals surface area contributed by atoms with Gasteiger partial charge in [-0.1, -0.05) is 6.07 Å². The molecule has 6 nitrogen and oxygen atoms in total. The minimum atomic E-state index is -0.525. The molecule has 0 saturated heterocycles. The average Bonchev–Trinajstić information content (AvgIpc) is 3.20. The van der Waals surface area contributed by atoms with Gasteiger partial charge < -0.3 is 9.67 Å². The number of nitrogens with zero attached hydrogens (tertiary/aromatic N) is 5. The maximum atomic E-state index is 14.6. The Balaban J connectivity index is 2.24. The molecule has 4 aromatic rings. The van der Waals surface area contributed by atoms with Gasteiger partial charge in [-0.3, -0.25) is 4.68 Å². The first-order valence-electron chi connectivity index (χ1n) is 8.01. The molecule has 0 atom stereocenters. The van der Waals surface area contributed by atoms with Crippen molar-refractivity contribution in [1.29, 1.82) is 10.5 Å². The molecule has 27 heavy (non-hydrogen) atoms. The highest BCUT2D eigenvalue weighted by Gasteiger charge is 2.26. The Morgan fingerprint density at radius 3 is 2.44 bits per heavy atom. The van der Waals surface area contributed by atoms with E-state index in [0.717, 1.165) is 0 Å². The van der Waals surface area contributed by atoms with Crippen LogP contribution in [0.1, 0.15) is 11.1 Å². The van der Waals surface area contributed by atoms with Crippen LogP contribution >= 0.6 is 0 Å². The van der Waals surface area contributed by atoms with E-state index in [9.17, 15) is 20.0 Å².